The Labute approximate surface area is 65.1 Å². The third-order valence-electron chi connectivity index (χ3n) is 1.26. The Hall–Kier alpha value is -0.810. The monoisotopic (exact) mass is 151 g/mol. The van der Waals surface area contributed by atoms with Crippen LogP contribution in [0.3, 0.4) is 0 Å². The van der Waals surface area contributed by atoms with Gasteiger partial charge in [0.15, 0.2) is 0 Å². The van der Waals surface area contributed by atoms with Crippen molar-refractivity contribution >= 4 is 11.3 Å². The van der Waals surface area contributed by atoms with Crippen LogP contribution in [-0.2, 0) is 0 Å². The summed E-state index contributed by atoms with van der Waals surface area (Å²) in [5.74, 6) is 3.05. The van der Waals surface area contributed by atoms with E-state index < -0.39 is 0 Å². The molecule has 0 aliphatic heterocycles. The van der Waals surface area contributed by atoms with E-state index in [1.807, 2.05) is 0 Å². The van der Waals surface area contributed by atoms with Gasteiger partial charge in [-0.15, -0.1) is 17.8 Å². The van der Waals surface area contributed by atoms with Crippen molar-refractivity contribution in [3.63, 3.8) is 0 Å². The van der Waals surface area contributed by atoms with E-state index >= 15 is 0 Å². The van der Waals surface area contributed by atoms with E-state index in [9.17, 15) is 0 Å². The molecule has 1 aromatic heterocycles. The average Bonchev–Trinajstić information content (AvgIpc) is 2.33. The number of thiazole rings is 1. The van der Waals surface area contributed by atoms with E-state index in [2.05, 4.69) is 24.8 Å². The predicted molar refractivity (Wildman–Crippen MR) is 44.1 cm³/mol. The van der Waals surface area contributed by atoms with Crippen LogP contribution in [0.1, 0.15) is 30.3 Å². The van der Waals surface area contributed by atoms with E-state index in [1.165, 1.54) is 4.88 Å². The first-order chi connectivity index (χ1) is 4.75. The summed E-state index contributed by atoms with van der Waals surface area (Å²) >= 11 is 1.63. The first kappa shape index (κ1) is 7.30. The highest BCUT2D eigenvalue weighted by atomic mass is 32.1. The topological polar surface area (TPSA) is 12.9 Å². The van der Waals surface area contributed by atoms with Gasteiger partial charge in [-0.3, -0.25) is 0 Å². The quantitative estimate of drug-likeness (QED) is 0.561. The largest absolute Gasteiger partial charge is 0.236 e. The van der Waals surface area contributed by atoms with Gasteiger partial charge in [-0.1, -0.05) is 13.8 Å². The van der Waals surface area contributed by atoms with E-state index in [0.29, 0.717) is 5.92 Å². The highest BCUT2D eigenvalue weighted by molar-refractivity contribution is 7.09. The van der Waals surface area contributed by atoms with Crippen LogP contribution in [0.2, 0.25) is 0 Å². The molecule has 1 rings (SSSR count). The lowest BCUT2D eigenvalue weighted by Gasteiger charge is -1.98. The molecule has 1 nitrogen and oxygen atoms in total. The summed E-state index contributed by atoms with van der Waals surface area (Å²) in [5, 5.41) is 0. The van der Waals surface area contributed by atoms with E-state index in [1.54, 1.807) is 16.8 Å². The van der Waals surface area contributed by atoms with Crippen LogP contribution in [0, 0.1) is 12.3 Å². The van der Waals surface area contributed by atoms with Crippen LogP contribution < -0.4 is 0 Å². The Bertz CT molecular complexity index is 254. The van der Waals surface area contributed by atoms with Crippen molar-refractivity contribution in [2.75, 3.05) is 0 Å². The molecule has 0 amide bonds. The van der Waals surface area contributed by atoms with Crippen molar-refractivity contribution in [3.05, 3.63) is 16.1 Å². The standard InChI is InChI=1S/C8H9NS/c1-4-7-8(6(2)3)10-5-9-7/h1,5-6H,2-3H3. The lowest BCUT2D eigenvalue weighted by Crippen LogP contribution is -1.86. The van der Waals surface area contributed by atoms with Crippen LogP contribution in [0.25, 0.3) is 0 Å². The van der Waals surface area contributed by atoms with Gasteiger partial charge < -0.3 is 0 Å². The van der Waals surface area contributed by atoms with Gasteiger partial charge in [0, 0.05) is 4.88 Å². The third-order valence-corrected chi connectivity index (χ3v) is 2.39. The second kappa shape index (κ2) is 2.85. The summed E-state index contributed by atoms with van der Waals surface area (Å²) < 4.78 is 0. The minimum Gasteiger partial charge on any atom is -0.236 e. The van der Waals surface area contributed by atoms with Crippen LogP contribution in [0.4, 0.5) is 0 Å². The predicted octanol–water partition coefficient (Wildman–Crippen LogP) is 2.25. The molecule has 10 heavy (non-hydrogen) atoms. The third kappa shape index (κ3) is 1.19. The van der Waals surface area contributed by atoms with Crippen LogP contribution in [-0.4, -0.2) is 4.98 Å². The van der Waals surface area contributed by atoms with Crippen molar-refractivity contribution in [1.29, 1.82) is 0 Å². The normalized spacial score (nSPS) is 9.80. The van der Waals surface area contributed by atoms with Crippen molar-refractivity contribution in [3.8, 4) is 12.3 Å². The Morgan fingerprint density at radius 3 is 2.80 bits per heavy atom. The molecule has 0 atom stereocenters. The molecule has 2 heteroatoms. The summed E-state index contributed by atoms with van der Waals surface area (Å²) in [6.45, 7) is 4.24. The molecule has 0 bridgehead atoms. The molecule has 0 aromatic carbocycles. The molecule has 0 radical (unpaired) electrons. The summed E-state index contributed by atoms with van der Waals surface area (Å²) in [6.07, 6.45) is 5.23. The number of rotatable bonds is 1. The van der Waals surface area contributed by atoms with Gasteiger partial charge in [0.25, 0.3) is 0 Å². The van der Waals surface area contributed by atoms with Gasteiger partial charge in [0.05, 0.1) is 5.51 Å². The number of hydrogen-bond acceptors (Lipinski definition) is 2. The molecule has 0 unspecified atom stereocenters. The van der Waals surface area contributed by atoms with Gasteiger partial charge in [0.1, 0.15) is 5.69 Å². The van der Waals surface area contributed by atoms with Crippen molar-refractivity contribution in [1.82, 2.24) is 4.98 Å². The number of aromatic nitrogens is 1. The average molecular weight is 151 g/mol. The molecule has 1 aromatic rings. The van der Waals surface area contributed by atoms with Gasteiger partial charge in [-0.2, -0.15) is 0 Å². The zero-order valence-corrected chi connectivity index (χ0v) is 6.90. The highest BCUT2D eigenvalue weighted by Crippen LogP contribution is 2.21. The summed E-state index contributed by atoms with van der Waals surface area (Å²) in [6, 6.07) is 0. The summed E-state index contributed by atoms with van der Waals surface area (Å²) in [7, 11) is 0. The fourth-order valence-corrected chi connectivity index (χ4v) is 1.54. The number of terminal acetylenes is 1. The van der Waals surface area contributed by atoms with Gasteiger partial charge >= 0.3 is 0 Å². The van der Waals surface area contributed by atoms with Crippen molar-refractivity contribution in [2.45, 2.75) is 19.8 Å². The molecule has 52 valence electrons. The SMILES string of the molecule is C#Cc1ncsc1C(C)C. The summed E-state index contributed by atoms with van der Waals surface area (Å²) in [5.41, 5.74) is 2.60. The minimum atomic E-state index is 0.499. The van der Waals surface area contributed by atoms with Crippen LogP contribution >= 0.6 is 11.3 Å². The zero-order chi connectivity index (χ0) is 7.56. The highest BCUT2D eigenvalue weighted by Gasteiger charge is 2.06. The molecule has 0 saturated heterocycles. The smallest absolute Gasteiger partial charge is 0.127 e. The Morgan fingerprint density at radius 2 is 2.40 bits per heavy atom. The Kier molecular flexibility index (Phi) is 2.08. The van der Waals surface area contributed by atoms with E-state index in [-0.39, 0.29) is 0 Å². The molecule has 0 aliphatic carbocycles. The van der Waals surface area contributed by atoms with Gasteiger partial charge in [-0.05, 0) is 11.8 Å². The molecule has 0 spiro atoms. The maximum absolute atomic E-state index is 5.23. The number of nitrogens with zero attached hydrogens (tertiary/aromatic N) is 1. The lowest BCUT2D eigenvalue weighted by atomic mass is 10.1. The fourth-order valence-electron chi connectivity index (χ4n) is 0.773. The zero-order valence-electron chi connectivity index (χ0n) is 6.09. The van der Waals surface area contributed by atoms with Crippen LogP contribution in [0.15, 0.2) is 5.51 Å². The van der Waals surface area contributed by atoms with Crippen LogP contribution in [0.5, 0.6) is 0 Å². The van der Waals surface area contributed by atoms with E-state index in [0.717, 1.165) is 5.69 Å². The van der Waals surface area contributed by atoms with Crippen molar-refractivity contribution < 1.29 is 0 Å². The van der Waals surface area contributed by atoms with Crippen molar-refractivity contribution in [2.24, 2.45) is 0 Å². The molecule has 1 heterocycles. The van der Waals surface area contributed by atoms with E-state index in [4.69, 9.17) is 6.42 Å². The second-order valence-corrected chi connectivity index (χ2v) is 3.25. The first-order valence-corrected chi connectivity index (χ1v) is 4.03. The molecular weight excluding hydrogens is 142 g/mol. The number of hydrogen-bond donors (Lipinski definition) is 0. The second-order valence-electron chi connectivity index (χ2n) is 2.36. The minimum absolute atomic E-state index is 0.499. The molecule has 0 saturated carbocycles. The molecule has 0 N–H and O–H groups in total. The molecule has 0 aliphatic rings. The maximum atomic E-state index is 5.23. The first-order valence-electron chi connectivity index (χ1n) is 3.15. The summed E-state index contributed by atoms with van der Waals surface area (Å²) in [4.78, 5) is 5.25. The molecule has 0 fully saturated rings. The van der Waals surface area contributed by atoms with Gasteiger partial charge in [0.2, 0.25) is 0 Å². The Balaban J connectivity index is 3.05. The Morgan fingerprint density at radius 1 is 1.70 bits per heavy atom. The fraction of sp³-hybridized carbons (Fsp3) is 0.375. The lowest BCUT2D eigenvalue weighted by molar-refractivity contribution is 0.881. The maximum Gasteiger partial charge on any atom is 0.127 e. The van der Waals surface area contributed by atoms with Gasteiger partial charge in [-0.25, -0.2) is 4.98 Å². The molecular formula is C8H9NS.